The van der Waals surface area contributed by atoms with E-state index in [1.54, 1.807) is 24.4 Å². The van der Waals surface area contributed by atoms with E-state index in [0.717, 1.165) is 11.9 Å². The summed E-state index contributed by atoms with van der Waals surface area (Å²) >= 11 is 0. The van der Waals surface area contributed by atoms with Crippen LogP contribution in [-0.2, 0) is 16.4 Å². The Hall–Kier alpha value is -2.15. The summed E-state index contributed by atoms with van der Waals surface area (Å²) in [4.78, 5) is 8.40. The van der Waals surface area contributed by atoms with Gasteiger partial charge in [-0.3, -0.25) is 0 Å². The molecule has 0 spiro atoms. The SMILES string of the molecule is Cc1nccc(CNc2cccc(S(C)(=O)=O)c2N)n1. The van der Waals surface area contributed by atoms with Crippen molar-refractivity contribution in [1.29, 1.82) is 0 Å². The molecule has 106 valence electrons. The van der Waals surface area contributed by atoms with E-state index in [1.165, 1.54) is 6.07 Å². The Morgan fingerprint density at radius 2 is 2.05 bits per heavy atom. The Labute approximate surface area is 118 Å². The van der Waals surface area contributed by atoms with E-state index in [4.69, 9.17) is 5.73 Å². The largest absolute Gasteiger partial charge is 0.396 e. The van der Waals surface area contributed by atoms with Crippen LogP contribution in [0.25, 0.3) is 0 Å². The minimum absolute atomic E-state index is 0.126. The summed E-state index contributed by atoms with van der Waals surface area (Å²) in [5.41, 5.74) is 7.49. The fourth-order valence-corrected chi connectivity index (χ4v) is 2.65. The second kappa shape index (κ2) is 5.46. The second-order valence-electron chi connectivity index (χ2n) is 4.44. The first-order chi connectivity index (χ1) is 9.38. The predicted octanol–water partition coefficient (Wildman–Crippen LogP) is 1.38. The molecule has 0 amide bonds. The third-order valence-electron chi connectivity index (χ3n) is 2.76. The van der Waals surface area contributed by atoms with Crippen LogP contribution < -0.4 is 11.1 Å². The van der Waals surface area contributed by atoms with E-state index in [0.29, 0.717) is 18.1 Å². The first-order valence-electron chi connectivity index (χ1n) is 5.99. The molecule has 2 aromatic rings. The van der Waals surface area contributed by atoms with Crippen LogP contribution in [0.3, 0.4) is 0 Å². The Morgan fingerprint density at radius 3 is 2.70 bits per heavy atom. The van der Waals surface area contributed by atoms with Crippen molar-refractivity contribution < 1.29 is 8.42 Å². The third-order valence-corrected chi connectivity index (χ3v) is 3.91. The zero-order chi connectivity index (χ0) is 14.8. The number of aryl methyl sites for hydroxylation is 1. The molecule has 0 saturated carbocycles. The molecule has 7 heteroatoms. The summed E-state index contributed by atoms with van der Waals surface area (Å²) in [6.45, 7) is 2.25. The molecule has 20 heavy (non-hydrogen) atoms. The Morgan fingerprint density at radius 1 is 1.30 bits per heavy atom. The van der Waals surface area contributed by atoms with E-state index < -0.39 is 9.84 Å². The summed E-state index contributed by atoms with van der Waals surface area (Å²) in [5.74, 6) is 0.683. The molecule has 0 unspecified atom stereocenters. The van der Waals surface area contributed by atoms with E-state index in [2.05, 4.69) is 15.3 Å². The van der Waals surface area contributed by atoms with E-state index in [-0.39, 0.29) is 10.6 Å². The maximum Gasteiger partial charge on any atom is 0.177 e. The van der Waals surface area contributed by atoms with Gasteiger partial charge in [0.25, 0.3) is 0 Å². The number of hydrogen-bond donors (Lipinski definition) is 2. The Kier molecular flexibility index (Phi) is 3.89. The third kappa shape index (κ3) is 3.24. The van der Waals surface area contributed by atoms with Crippen molar-refractivity contribution >= 4 is 21.2 Å². The zero-order valence-corrected chi connectivity index (χ0v) is 12.1. The number of sulfone groups is 1. The molecule has 6 nitrogen and oxygen atoms in total. The minimum Gasteiger partial charge on any atom is -0.396 e. The van der Waals surface area contributed by atoms with E-state index in [1.807, 2.05) is 6.92 Å². The van der Waals surface area contributed by atoms with E-state index >= 15 is 0 Å². The highest BCUT2D eigenvalue weighted by atomic mass is 32.2. The van der Waals surface area contributed by atoms with Crippen LogP contribution in [0, 0.1) is 6.92 Å². The summed E-state index contributed by atoms with van der Waals surface area (Å²) in [6.07, 6.45) is 2.81. The van der Waals surface area contributed by atoms with Crippen LogP contribution in [0.2, 0.25) is 0 Å². The maximum atomic E-state index is 11.6. The average molecular weight is 292 g/mol. The molecule has 0 saturated heterocycles. The average Bonchev–Trinajstić information content (AvgIpc) is 2.36. The smallest absolute Gasteiger partial charge is 0.177 e. The number of para-hydroxylation sites is 1. The van der Waals surface area contributed by atoms with Gasteiger partial charge in [-0.15, -0.1) is 0 Å². The quantitative estimate of drug-likeness (QED) is 0.826. The van der Waals surface area contributed by atoms with Gasteiger partial charge in [-0.05, 0) is 25.1 Å². The molecule has 0 aliphatic heterocycles. The molecular formula is C13H16N4O2S. The molecule has 0 fully saturated rings. The summed E-state index contributed by atoms with van der Waals surface area (Å²) < 4.78 is 23.2. The zero-order valence-electron chi connectivity index (χ0n) is 11.3. The summed E-state index contributed by atoms with van der Waals surface area (Å²) in [7, 11) is -3.34. The van der Waals surface area contributed by atoms with Gasteiger partial charge in [0, 0.05) is 12.5 Å². The first-order valence-corrected chi connectivity index (χ1v) is 7.88. The molecule has 1 heterocycles. The number of nitrogens with zero attached hydrogens (tertiary/aromatic N) is 2. The van der Waals surface area contributed by atoms with Gasteiger partial charge in [-0.1, -0.05) is 6.07 Å². The van der Waals surface area contributed by atoms with Crippen molar-refractivity contribution in [3.63, 3.8) is 0 Å². The van der Waals surface area contributed by atoms with Gasteiger partial charge in [-0.25, -0.2) is 18.4 Å². The fraction of sp³-hybridized carbons (Fsp3) is 0.231. The molecule has 0 aliphatic carbocycles. The highest BCUT2D eigenvalue weighted by Crippen LogP contribution is 2.26. The number of anilines is 2. The molecule has 3 N–H and O–H groups in total. The summed E-state index contributed by atoms with van der Waals surface area (Å²) in [5, 5.41) is 3.09. The Balaban J connectivity index is 2.23. The lowest BCUT2D eigenvalue weighted by molar-refractivity contribution is 0.602. The van der Waals surface area contributed by atoms with Crippen LogP contribution in [0.1, 0.15) is 11.5 Å². The first kappa shape index (κ1) is 14.3. The highest BCUT2D eigenvalue weighted by molar-refractivity contribution is 7.90. The Bertz CT molecular complexity index is 729. The predicted molar refractivity (Wildman–Crippen MR) is 78.1 cm³/mol. The number of rotatable bonds is 4. The van der Waals surface area contributed by atoms with Crippen LogP contribution in [0.15, 0.2) is 35.4 Å². The van der Waals surface area contributed by atoms with Crippen LogP contribution in [0.5, 0.6) is 0 Å². The standard InChI is InChI=1S/C13H16N4O2S/c1-9-15-7-6-10(17-9)8-16-11-4-3-5-12(13(11)14)20(2,18)19/h3-7,16H,8,14H2,1-2H3. The van der Waals surface area contributed by atoms with Gasteiger partial charge in [0.05, 0.1) is 28.5 Å². The van der Waals surface area contributed by atoms with Crippen LogP contribution in [-0.4, -0.2) is 24.6 Å². The van der Waals surface area contributed by atoms with E-state index in [9.17, 15) is 8.42 Å². The molecular weight excluding hydrogens is 276 g/mol. The van der Waals surface area contributed by atoms with Crippen molar-refractivity contribution in [2.45, 2.75) is 18.4 Å². The van der Waals surface area contributed by atoms with Crippen molar-refractivity contribution in [3.05, 3.63) is 42.0 Å². The molecule has 0 radical (unpaired) electrons. The molecule has 2 rings (SSSR count). The number of nitrogen functional groups attached to an aromatic ring is 1. The topological polar surface area (TPSA) is 98.0 Å². The lowest BCUT2D eigenvalue weighted by Gasteiger charge is -2.11. The van der Waals surface area contributed by atoms with Gasteiger partial charge >= 0.3 is 0 Å². The number of aromatic nitrogens is 2. The van der Waals surface area contributed by atoms with Crippen molar-refractivity contribution in [2.75, 3.05) is 17.3 Å². The number of nitrogens with one attached hydrogen (secondary N) is 1. The van der Waals surface area contributed by atoms with Crippen molar-refractivity contribution in [1.82, 2.24) is 9.97 Å². The molecule has 0 atom stereocenters. The van der Waals surface area contributed by atoms with Gasteiger partial charge in [-0.2, -0.15) is 0 Å². The lowest BCUT2D eigenvalue weighted by atomic mass is 10.2. The number of hydrogen-bond acceptors (Lipinski definition) is 6. The lowest BCUT2D eigenvalue weighted by Crippen LogP contribution is -2.08. The molecule has 1 aromatic carbocycles. The van der Waals surface area contributed by atoms with Crippen LogP contribution in [0.4, 0.5) is 11.4 Å². The molecule has 0 bridgehead atoms. The highest BCUT2D eigenvalue weighted by Gasteiger charge is 2.13. The van der Waals surface area contributed by atoms with Gasteiger partial charge < -0.3 is 11.1 Å². The monoisotopic (exact) mass is 292 g/mol. The van der Waals surface area contributed by atoms with Gasteiger partial charge in [0.1, 0.15) is 5.82 Å². The maximum absolute atomic E-state index is 11.6. The second-order valence-corrected chi connectivity index (χ2v) is 6.42. The fourth-order valence-electron chi connectivity index (χ4n) is 1.81. The number of benzene rings is 1. The van der Waals surface area contributed by atoms with Crippen LogP contribution >= 0.6 is 0 Å². The molecule has 0 aliphatic rings. The van der Waals surface area contributed by atoms with Gasteiger partial charge in [0.15, 0.2) is 9.84 Å². The van der Waals surface area contributed by atoms with Crippen molar-refractivity contribution in [3.8, 4) is 0 Å². The molecule has 1 aromatic heterocycles. The summed E-state index contributed by atoms with van der Waals surface area (Å²) in [6, 6.07) is 6.67. The number of nitrogens with two attached hydrogens (primary N) is 1. The van der Waals surface area contributed by atoms with Crippen molar-refractivity contribution in [2.24, 2.45) is 0 Å². The normalized spacial score (nSPS) is 11.3. The van der Waals surface area contributed by atoms with Gasteiger partial charge in [0.2, 0.25) is 0 Å². The minimum atomic E-state index is -3.34.